The maximum Gasteiger partial charge on any atom is 0.236 e. The number of rotatable bonds is 3. The molecule has 19 heavy (non-hydrogen) atoms. The highest BCUT2D eigenvalue weighted by Gasteiger charge is 2.33. The molecule has 0 spiro atoms. The van der Waals surface area contributed by atoms with Crippen LogP contribution in [0.5, 0.6) is 0 Å². The molecule has 2 rings (SSSR count). The van der Waals surface area contributed by atoms with Crippen LogP contribution in [0.25, 0.3) is 0 Å². The summed E-state index contributed by atoms with van der Waals surface area (Å²) in [6.07, 6.45) is 0.577. The third-order valence-corrected chi connectivity index (χ3v) is 5.85. The third kappa shape index (κ3) is 3.90. The summed E-state index contributed by atoms with van der Waals surface area (Å²) < 4.78 is 22.9. The number of carbonyl (C=O) groups excluding carboxylic acids is 1. The zero-order chi connectivity index (χ0) is 14.0. The zero-order valence-corrected chi connectivity index (χ0v) is 12.5. The monoisotopic (exact) mass is 289 g/mol. The quantitative estimate of drug-likeness (QED) is 0.659. The Morgan fingerprint density at radius 2 is 1.89 bits per heavy atom. The number of likely N-dealkylation sites (N-methyl/N-ethyl adjacent to an activating group) is 2. The van der Waals surface area contributed by atoms with Gasteiger partial charge >= 0.3 is 0 Å². The summed E-state index contributed by atoms with van der Waals surface area (Å²) in [4.78, 5) is 18.2. The SMILES string of the molecule is CN1CCN(CC(=O)N(C)C2CCS(=O)(=O)C2)CC1. The molecule has 2 aliphatic rings. The number of hydrogen-bond acceptors (Lipinski definition) is 5. The molecule has 0 bridgehead atoms. The molecule has 1 unspecified atom stereocenters. The Morgan fingerprint density at radius 3 is 2.42 bits per heavy atom. The minimum absolute atomic E-state index is 0.0339. The molecule has 7 heteroatoms. The second kappa shape index (κ2) is 5.76. The molecule has 0 N–H and O–H groups in total. The van der Waals surface area contributed by atoms with E-state index in [2.05, 4.69) is 16.8 Å². The molecule has 0 saturated carbocycles. The summed E-state index contributed by atoms with van der Waals surface area (Å²) in [5.74, 6) is 0.369. The standard InChI is InChI=1S/C12H23N3O3S/c1-13-4-6-15(7-5-13)9-12(16)14(2)11-3-8-19(17,18)10-11/h11H,3-10H2,1-2H3. The summed E-state index contributed by atoms with van der Waals surface area (Å²) in [6.45, 7) is 4.17. The van der Waals surface area contributed by atoms with E-state index in [-0.39, 0.29) is 23.5 Å². The summed E-state index contributed by atoms with van der Waals surface area (Å²) in [6, 6.07) is -0.134. The second-order valence-corrected chi connectivity index (χ2v) is 7.87. The van der Waals surface area contributed by atoms with E-state index in [1.807, 2.05) is 0 Å². The van der Waals surface area contributed by atoms with Gasteiger partial charge in [0, 0.05) is 39.3 Å². The van der Waals surface area contributed by atoms with Crippen LogP contribution in [-0.2, 0) is 14.6 Å². The van der Waals surface area contributed by atoms with Crippen LogP contribution in [0.2, 0.25) is 0 Å². The fourth-order valence-electron chi connectivity index (χ4n) is 2.59. The molecule has 1 amide bonds. The van der Waals surface area contributed by atoms with Crippen molar-refractivity contribution in [3.63, 3.8) is 0 Å². The molecule has 2 heterocycles. The number of amides is 1. The number of piperazine rings is 1. The molecule has 0 aromatic heterocycles. The molecular formula is C12H23N3O3S. The Balaban J connectivity index is 1.83. The van der Waals surface area contributed by atoms with Gasteiger partial charge in [-0.25, -0.2) is 8.42 Å². The molecule has 1 atom stereocenters. The average molecular weight is 289 g/mol. The van der Waals surface area contributed by atoms with Crippen molar-refractivity contribution < 1.29 is 13.2 Å². The fourth-order valence-corrected chi connectivity index (χ4v) is 4.37. The van der Waals surface area contributed by atoms with E-state index in [9.17, 15) is 13.2 Å². The first-order chi connectivity index (χ1) is 8.87. The molecule has 0 aromatic carbocycles. The molecule has 2 saturated heterocycles. The van der Waals surface area contributed by atoms with Crippen molar-refractivity contribution in [1.82, 2.24) is 14.7 Å². The van der Waals surface area contributed by atoms with Crippen LogP contribution in [0.4, 0.5) is 0 Å². The van der Waals surface area contributed by atoms with Crippen LogP contribution in [0.15, 0.2) is 0 Å². The maximum absolute atomic E-state index is 12.2. The number of sulfone groups is 1. The highest BCUT2D eigenvalue weighted by atomic mass is 32.2. The Morgan fingerprint density at radius 1 is 1.26 bits per heavy atom. The van der Waals surface area contributed by atoms with Crippen LogP contribution in [-0.4, -0.2) is 93.4 Å². The van der Waals surface area contributed by atoms with E-state index in [1.165, 1.54) is 0 Å². The highest BCUT2D eigenvalue weighted by molar-refractivity contribution is 7.91. The third-order valence-electron chi connectivity index (χ3n) is 4.10. The average Bonchev–Trinajstić information content (AvgIpc) is 2.71. The Hall–Kier alpha value is -0.660. The van der Waals surface area contributed by atoms with Crippen LogP contribution in [0.3, 0.4) is 0 Å². The predicted octanol–water partition coefficient (Wildman–Crippen LogP) is -1.12. The van der Waals surface area contributed by atoms with Crippen molar-refractivity contribution in [3.05, 3.63) is 0 Å². The lowest BCUT2D eigenvalue weighted by atomic mass is 10.2. The predicted molar refractivity (Wildman–Crippen MR) is 73.8 cm³/mol. The summed E-state index contributed by atoms with van der Waals surface area (Å²) in [7, 11) is 0.876. The van der Waals surface area contributed by atoms with Crippen molar-refractivity contribution in [1.29, 1.82) is 0 Å². The minimum Gasteiger partial charge on any atom is -0.341 e. The lowest BCUT2D eigenvalue weighted by Crippen LogP contribution is -2.50. The maximum atomic E-state index is 12.2. The summed E-state index contributed by atoms with van der Waals surface area (Å²) >= 11 is 0. The van der Waals surface area contributed by atoms with Crippen LogP contribution < -0.4 is 0 Å². The van der Waals surface area contributed by atoms with Gasteiger partial charge in [0.25, 0.3) is 0 Å². The normalized spacial score (nSPS) is 28.4. The fraction of sp³-hybridized carbons (Fsp3) is 0.917. The number of hydrogen-bond donors (Lipinski definition) is 0. The van der Waals surface area contributed by atoms with Gasteiger partial charge in [-0.2, -0.15) is 0 Å². The van der Waals surface area contributed by atoms with Gasteiger partial charge < -0.3 is 9.80 Å². The molecular weight excluding hydrogens is 266 g/mol. The topological polar surface area (TPSA) is 60.9 Å². The van der Waals surface area contributed by atoms with E-state index in [4.69, 9.17) is 0 Å². The van der Waals surface area contributed by atoms with Gasteiger partial charge in [-0.15, -0.1) is 0 Å². The van der Waals surface area contributed by atoms with E-state index in [1.54, 1.807) is 11.9 Å². The molecule has 110 valence electrons. The van der Waals surface area contributed by atoms with Gasteiger partial charge in [-0.05, 0) is 13.5 Å². The van der Waals surface area contributed by atoms with Crippen molar-refractivity contribution in [3.8, 4) is 0 Å². The largest absolute Gasteiger partial charge is 0.341 e. The van der Waals surface area contributed by atoms with Crippen molar-refractivity contribution in [2.75, 3.05) is 58.3 Å². The van der Waals surface area contributed by atoms with E-state index in [0.29, 0.717) is 13.0 Å². The van der Waals surface area contributed by atoms with Gasteiger partial charge in [0.1, 0.15) is 0 Å². The Labute approximate surface area is 115 Å². The molecule has 6 nitrogen and oxygen atoms in total. The number of nitrogens with zero attached hydrogens (tertiary/aromatic N) is 3. The van der Waals surface area contributed by atoms with Crippen LogP contribution in [0, 0.1) is 0 Å². The summed E-state index contributed by atoms with van der Waals surface area (Å²) in [5, 5.41) is 0. The molecule has 0 aromatic rings. The highest BCUT2D eigenvalue weighted by Crippen LogP contribution is 2.16. The van der Waals surface area contributed by atoms with Gasteiger partial charge in [-0.3, -0.25) is 9.69 Å². The van der Waals surface area contributed by atoms with Gasteiger partial charge in [0.15, 0.2) is 9.84 Å². The first kappa shape index (κ1) is 14.7. The van der Waals surface area contributed by atoms with E-state index >= 15 is 0 Å². The van der Waals surface area contributed by atoms with Crippen LogP contribution in [0.1, 0.15) is 6.42 Å². The van der Waals surface area contributed by atoms with Crippen LogP contribution >= 0.6 is 0 Å². The minimum atomic E-state index is -2.93. The Kier molecular flexibility index (Phi) is 4.47. The van der Waals surface area contributed by atoms with Crippen molar-refractivity contribution in [2.24, 2.45) is 0 Å². The number of carbonyl (C=O) groups is 1. The molecule has 2 aliphatic heterocycles. The first-order valence-corrected chi connectivity index (χ1v) is 8.56. The van der Waals surface area contributed by atoms with Crippen molar-refractivity contribution >= 4 is 15.7 Å². The lowest BCUT2D eigenvalue weighted by Gasteiger charge is -2.33. The molecule has 0 radical (unpaired) electrons. The first-order valence-electron chi connectivity index (χ1n) is 6.74. The van der Waals surface area contributed by atoms with Gasteiger partial charge in [0.05, 0.1) is 18.1 Å². The van der Waals surface area contributed by atoms with Gasteiger partial charge in [-0.1, -0.05) is 0 Å². The summed E-state index contributed by atoms with van der Waals surface area (Å²) in [5.41, 5.74) is 0. The van der Waals surface area contributed by atoms with E-state index < -0.39 is 9.84 Å². The molecule has 2 fully saturated rings. The Bertz CT molecular complexity index is 430. The zero-order valence-electron chi connectivity index (χ0n) is 11.7. The van der Waals surface area contributed by atoms with Gasteiger partial charge in [0.2, 0.25) is 5.91 Å². The smallest absolute Gasteiger partial charge is 0.236 e. The second-order valence-electron chi connectivity index (χ2n) is 5.64. The van der Waals surface area contributed by atoms with Crippen molar-refractivity contribution in [2.45, 2.75) is 12.5 Å². The molecule has 0 aliphatic carbocycles. The lowest BCUT2D eigenvalue weighted by molar-refractivity contribution is -0.133. The van der Waals surface area contributed by atoms with E-state index in [0.717, 1.165) is 26.2 Å².